The van der Waals surface area contributed by atoms with Crippen LogP contribution in [0.3, 0.4) is 0 Å². The number of hydrogen-bond donors (Lipinski definition) is 0. The van der Waals surface area contributed by atoms with E-state index < -0.39 is 0 Å². The van der Waals surface area contributed by atoms with Crippen molar-refractivity contribution in [3.8, 4) is 5.75 Å². The van der Waals surface area contributed by atoms with Crippen LogP contribution in [-0.4, -0.2) is 7.11 Å². The van der Waals surface area contributed by atoms with Crippen molar-refractivity contribution in [3.63, 3.8) is 0 Å². The number of ether oxygens (including phenoxy) is 1. The van der Waals surface area contributed by atoms with Crippen LogP contribution in [0.15, 0.2) is 46.9 Å². The predicted molar refractivity (Wildman–Crippen MR) is 86.6 cm³/mol. The van der Waals surface area contributed by atoms with Gasteiger partial charge in [0.15, 0.2) is 0 Å². The lowest BCUT2D eigenvalue weighted by Gasteiger charge is -2.18. The standard InChI is InChI=1S/C17H16BrClO/c1-20-16-7-6-13(10-15(16)18)17(19)14-8-11-4-2-3-5-12(11)9-14/h2-7,10,14,17H,8-9H2,1H3. The van der Waals surface area contributed by atoms with Crippen LogP contribution < -0.4 is 4.74 Å². The first-order valence-corrected chi connectivity index (χ1v) is 7.96. The Hall–Kier alpha value is -0.990. The molecule has 104 valence electrons. The number of methoxy groups -OCH3 is 1. The molecule has 1 nitrogen and oxygen atoms in total. The van der Waals surface area contributed by atoms with Crippen molar-refractivity contribution in [2.45, 2.75) is 18.2 Å². The van der Waals surface area contributed by atoms with Crippen LogP contribution in [0.2, 0.25) is 0 Å². The molecular weight excluding hydrogens is 336 g/mol. The summed E-state index contributed by atoms with van der Waals surface area (Å²) in [5.74, 6) is 1.31. The lowest BCUT2D eigenvalue weighted by atomic mass is 9.96. The molecule has 0 amide bonds. The van der Waals surface area contributed by atoms with Gasteiger partial charge in [-0.05, 0) is 63.5 Å². The molecule has 20 heavy (non-hydrogen) atoms. The molecule has 0 radical (unpaired) electrons. The maximum absolute atomic E-state index is 6.71. The smallest absolute Gasteiger partial charge is 0.133 e. The van der Waals surface area contributed by atoms with E-state index in [9.17, 15) is 0 Å². The molecule has 0 aromatic heterocycles. The Kier molecular flexibility index (Phi) is 4.04. The molecule has 0 saturated heterocycles. The fourth-order valence-electron chi connectivity index (χ4n) is 2.93. The Labute approximate surface area is 133 Å². The van der Waals surface area contributed by atoms with E-state index in [2.05, 4.69) is 52.3 Å². The van der Waals surface area contributed by atoms with Crippen molar-refractivity contribution in [2.24, 2.45) is 5.92 Å². The topological polar surface area (TPSA) is 9.23 Å². The van der Waals surface area contributed by atoms with Crippen molar-refractivity contribution >= 4 is 27.5 Å². The van der Waals surface area contributed by atoms with Crippen LogP contribution in [0.25, 0.3) is 0 Å². The van der Waals surface area contributed by atoms with Gasteiger partial charge in [-0.15, -0.1) is 11.6 Å². The SMILES string of the molecule is COc1ccc(C(Cl)C2Cc3ccccc3C2)cc1Br. The number of benzene rings is 2. The summed E-state index contributed by atoms with van der Waals surface area (Å²) in [6.45, 7) is 0. The van der Waals surface area contributed by atoms with Crippen LogP contribution in [0.1, 0.15) is 22.1 Å². The monoisotopic (exact) mass is 350 g/mol. The zero-order valence-electron chi connectivity index (χ0n) is 11.3. The maximum Gasteiger partial charge on any atom is 0.133 e. The molecule has 3 rings (SSSR count). The minimum atomic E-state index is 0.0320. The molecule has 0 aliphatic heterocycles. The molecule has 0 fully saturated rings. The van der Waals surface area contributed by atoms with Gasteiger partial charge in [-0.2, -0.15) is 0 Å². The average Bonchev–Trinajstić information content (AvgIpc) is 2.90. The van der Waals surface area contributed by atoms with Crippen molar-refractivity contribution in [1.82, 2.24) is 0 Å². The Morgan fingerprint density at radius 1 is 1.15 bits per heavy atom. The van der Waals surface area contributed by atoms with Gasteiger partial charge in [-0.3, -0.25) is 0 Å². The Bertz CT molecular complexity index is 601. The first kappa shape index (κ1) is 14.0. The second kappa shape index (κ2) is 5.79. The molecule has 3 heteroatoms. The minimum Gasteiger partial charge on any atom is -0.496 e. The molecule has 1 aliphatic rings. The highest BCUT2D eigenvalue weighted by atomic mass is 79.9. The largest absolute Gasteiger partial charge is 0.496 e. The molecule has 2 aromatic carbocycles. The number of hydrogen-bond acceptors (Lipinski definition) is 1. The summed E-state index contributed by atoms with van der Waals surface area (Å²) in [7, 11) is 1.67. The summed E-state index contributed by atoms with van der Waals surface area (Å²) < 4.78 is 6.22. The number of halogens is 2. The van der Waals surface area contributed by atoms with E-state index in [1.165, 1.54) is 11.1 Å². The van der Waals surface area contributed by atoms with E-state index in [0.717, 1.165) is 28.6 Å². The van der Waals surface area contributed by atoms with E-state index in [-0.39, 0.29) is 5.38 Å². The third kappa shape index (κ3) is 2.59. The molecule has 0 spiro atoms. The first-order chi connectivity index (χ1) is 9.69. The van der Waals surface area contributed by atoms with Crippen molar-refractivity contribution < 1.29 is 4.74 Å². The summed E-state index contributed by atoms with van der Waals surface area (Å²) in [5, 5.41) is 0.0320. The van der Waals surface area contributed by atoms with Gasteiger partial charge in [-0.1, -0.05) is 30.3 Å². The second-order valence-corrected chi connectivity index (χ2v) is 6.56. The van der Waals surface area contributed by atoms with Crippen LogP contribution in [0.5, 0.6) is 5.75 Å². The zero-order chi connectivity index (χ0) is 14.1. The van der Waals surface area contributed by atoms with Gasteiger partial charge in [0.1, 0.15) is 5.75 Å². The zero-order valence-corrected chi connectivity index (χ0v) is 13.6. The maximum atomic E-state index is 6.71. The van der Waals surface area contributed by atoms with Gasteiger partial charge in [0.25, 0.3) is 0 Å². The van der Waals surface area contributed by atoms with Gasteiger partial charge >= 0.3 is 0 Å². The van der Waals surface area contributed by atoms with E-state index in [4.69, 9.17) is 16.3 Å². The summed E-state index contributed by atoms with van der Waals surface area (Å²) >= 11 is 10.2. The van der Waals surface area contributed by atoms with Gasteiger partial charge in [0, 0.05) is 0 Å². The van der Waals surface area contributed by atoms with E-state index in [0.29, 0.717) is 5.92 Å². The molecular formula is C17H16BrClO. The Morgan fingerprint density at radius 3 is 2.35 bits per heavy atom. The molecule has 1 unspecified atom stereocenters. The Morgan fingerprint density at radius 2 is 1.80 bits per heavy atom. The van der Waals surface area contributed by atoms with E-state index in [1.807, 2.05) is 6.07 Å². The first-order valence-electron chi connectivity index (χ1n) is 6.73. The fraction of sp³-hybridized carbons (Fsp3) is 0.294. The molecule has 1 atom stereocenters. The minimum absolute atomic E-state index is 0.0320. The Balaban J connectivity index is 1.81. The van der Waals surface area contributed by atoms with Crippen molar-refractivity contribution in [2.75, 3.05) is 7.11 Å². The number of rotatable bonds is 3. The van der Waals surface area contributed by atoms with Gasteiger partial charge < -0.3 is 4.74 Å². The predicted octanol–water partition coefficient (Wildman–Crippen LogP) is 5.15. The summed E-state index contributed by atoms with van der Waals surface area (Å²) in [6.07, 6.45) is 2.13. The molecule has 0 N–H and O–H groups in total. The van der Waals surface area contributed by atoms with Crippen LogP contribution >= 0.6 is 27.5 Å². The van der Waals surface area contributed by atoms with E-state index >= 15 is 0 Å². The highest BCUT2D eigenvalue weighted by molar-refractivity contribution is 9.10. The van der Waals surface area contributed by atoms with Gasteiger partial charge in [-0.25, -0.2) is 0 Å². The fourth-order valence-corrected chi connectivity index (χ4v) is 3.80. The van der Waals surface area contributed by atoms with Crippen LogP contribution in [0.4, 0.5) is 0 Å². The number of alkyl halides is 1. The summed E-state index contributed by atoms with van der Waals surface area (Å²) in [5.41, 5.74) is 4.03. The molecule has 2 aromatic rings. The second-order valence-electron chi connectivity index (χ2n) is 5.23. The van der Waals surface area contributed by atoms with Crippen molar-refractivity contribution in [1.29, 1.82) is 0 Å². The van der Waals surface area contributed by atoms with Crippen LogP contribution in [0, 0.1) is 5.92 Å². The van der Waals surface area contributed by atoms with Gasteiger partial charge in [0.05, 0.1) is 17.0 Å². The van der Waals surface area contributed by atoms with Crippen LogP contribution in [-0.2, 0) is 12.8 Å². The quantitative estimate of drug-likeness (QED) is 0.695. The lowest BCUT2D eigenvalue weighted by Crippen LogP contribution is -2.08. The van der Waals surface area contributed by atoms with Crippen molar-refractivity contribution in [3.05, 3.63) is 63.6 Å². The molecule has 0 heterocycles. The lowest BCUT2D eigenvalue weighted by molar-refractivity contribution is 0.411. The molecule has 0 saturated carbocycles. The van der Waals surface area contributed by atoms with Gasteiger partial charge in [0.2, 0.25) is 0 Å². The molecule has 1 aliphatic carbocycles. The normalized spacial score (nSPS) is 15.9. The summed E-state index contributed by atoms with van der Waals surface area (Å²) in [6, 6.07) is 14.7. The molecule has 0 bridgehead atoms. The highest BCUT2D eigenvalue weighted by Crippen LogP contribution is 2.40. The highest BCUT2D eigenvalue weighted by Gasteiger charge is 2.28. The number of fused-ring (bicyclic) bond motifs is 1. The third-order valence-corrected chi connectivity index (χ3v) is 5.22. The summed E-state index contributed by atoms with van der Waals surface area (Å²) in [4.78, 5) is 0. The van der Waals surface area contributed by atoms with E-state index in [1.54, 1.807) is 7.11 Å². The average molecular weight is 352 g/mol. The third-order valence-electron chi connectivity index (χ3n) is 3.99.